The quantitative estimate of drug-likeness (QED) is 0.293. The van der Waals surface area contributed by atoms with Gasteiger partial charge in [-0.05, 0) is 12.1 Å². The van der Waals surface area contributed by atoms with E-state index >= 15 is 0 Å². The summed E-state index contributed by atoms with van der Waals surface area (Å²) in [5.74, 6) is 3.87. The van der Waals surface area contributed by atoms with Crippen molar-refractivity contribution in [3.63, 3.8) is 0 Å². The third kappa shape index (κ3) is 4.15. The number of hydrogen-bond acceptors (Lipinski definition) is 7. The second-order valence-corrected chi connectivity index (χ2v) is 5.46. The van der Waals surface area contributed by atoms with Gasteiger partial charge in [0.05, 0.1) is 10.7 Å². The summed E-state index contributed by atoms with van der Waals surface area (Å²) in [5, 5.41) is 18.0. The second kappa shape index (κ2) is 6.27. The average Bonchev–Trinajstić information content (AvgIpc) is 2.35. The molecule has 0 radical (unpaired) electrons. The summed E-state index contributed by atoms with van der Waals surface area (Å²) in [6, 6.07) is 3.96. The summed E-state index contributed by atoms with van der Waals surface area (Å²) in [7, 11) is -3.72. The van der Waals surface area contributed by atoms with Gasteiger partial charge in [-0.3, -0.25) is 20.8 Å². The molecule has 0 spiro atoms. The van der Waals surface area contributed by atoms with E-state index in [-0.39, 0.29) is 17.8 Å². The first-order valence-corrected chi connectivity index (χ1v) is 7.00. The Hall–Kier alpha value is -2.24. The van der Waals surface area contributed by atoms with Gasteiger partial charge in [0.1, 0.15) is 11.3 Å². The number of nitro groups is 1. The molecule has 0 bridgehead atoms. The predicted octanol–water partition coefficient (Wildman–Crippen LogP) is -1.10. The third-order valence-corrected chi connectivity index (χ3v) is 3.06. The fourth-order valence-corrected chi connectivity index (χ4v) is 1.83. The lowest BCUT2D eigenvalue weighted by molar-refractivity contribution is -0.384. The second-order valence-electron chi connectivity index (χ2n) is 3.73. The normalized spacial score (nSPS) is 10.9. The maximum Gasteiger partial charge on any atom is 0.306 e. The standard InChI is InChI=1S/C9H13N5O5S/c10-13-7-3-1-2-6(8(7)14(16)17)9(15)12-4-5-20(11,18)19/h1-3,13H,4-5,10H2,(H,12,15)(H2,11,18,19). The van der Waals surface area contributed by atoms with Crippen molar-refractivity contribution in [2.45, 2.75) is 0 Å². The molecule has 1 aromatic rings. The summed E-state index contributed by atoms with van der Waals surface area (Å²) in [6.45, 7) is -0.255. The largest absolute Gasteiger partial charge is 0.351 e. The van der Waals surface area contributed by atoms with Crippen molar-refractivity contribution in [3.8, 4) is 0 Å². The highest BCUT2D eigenvalue weighted by atomic mass is 32.2. The van der Waals surface area contributed by atoms with E-state index in [9.17, 15) is 23.3 Å². The van der Waals surface area contributed by atoms with Gasteiger partial charge in [-0.15, -0.1) is 0 Å². The molecule has 11 heteroatoms. The Morgan fingerprint density at radius 2 is 2.05 bits per heavy atom. The number of anilines is 1. The fourth-order valence-electron chi connectivity index (χ4n) is 1.44. The van der Waals surface area contributed by atoms with Crippen LogP contribution >= 0.6 is 0 Å². The number of nitrogens with one attached hydrogen (secondary N) is 2. The molecule has 110 valence electrons. The first kappa shape index (κ1) is 15.8. The maximum absolute atomic E-state index is 11.8. The first-order chi connectivity index (χ1) is 9.26. The van der Waals surface area contributed by atoms with Gasteiger partial charge in [0.15, 0.2) is 0 Å². The highest BCUT2D eigenvalue weighted by molar-refractivity contribution is 7.89. The van der Waals surface area contributed by atoms with E-state index in [4.69, 9.17) is 11.0 Å². The van der Waals surface area contributed by atoms with Crippen molar-refractivity contribution in [1.82, 2.24) is 5.32 Å². The molecule has 0 aliphatic heterocycles. The molecule has 20 heavy (non-hydrogen) atoms. The third-order valence-electron chi connectivity index (χ3n) is 2.29. The Kier molecular flexibility index (Phi) is 4.96. The summed E-state index contributed by atoms with van der Waals surface area (Å²) in [5.41, 5.74) is 1.35. The van der Waals surface area contributed by atoms with Crippen molar-refractivity contribution in [2.24, 2.45) is 11.0 Å². The lowest BCUT2D eigenvalue weighted by Crippen LogP contribution is -2.32. The van der Waals surface area contributed by atoms with Gasteiger partial charge >= 0.3 is 5.69 Å². The van der Waals surface area contributed by atoms with Gasteiger partial charge in [0, 0.05) is 6.54 Å². The van der Waals surface area contributed by atoms with Crippen LogP contribution in [0.4, 0.5) is 11.4 Å². The van der Waals surface area contributed by atoms with E-state index in [2.05, 4.69) is 10.7 Å². The van der Waals surface area contributed by atoms with Crippen LogP contribution in [0.5, 0.6) is 0 Å². The molecule has 1 aromatic carbocycles. The lowest BCUT2D eigenvalue weighted by Gasteiger charge is -2.08. The molecule has 0 aromatic heterocycles. The van der Waals surface area contributed by atoms with Crippen molar-refractivity contribution in [3.05, 3.63) is 33.9 Å². The number of rotatable bonds is 6. The number of nitrogens with zero attached hydrogens (tertiary/aromatic N) is 1. The molecule has 10 nitrogen and oxygen atoms in total. The number of nitrogens with two attached hydrogens (primary N) is 2. The van der Waals surface area contributed by atoms with Crippen LogP contribution in [0, 0.1) is 10.1 Å². The zero-order valence-electron chi connectivity index (χ0n) is 10.2. The molecule has 1 amide bonds. The molecule has 0 saturated heterocycles. The molecule has 6 N–H and O–H groups in total. The zero-order chi connectivity index (χ0) is 15.3. The molecular weight excluding hydrogens is 290 g/mol. The van der Waals surface area contributed by atoms with E-state index in [0.29, 0.717) is 0 Å². The number of amides is 1. The smallest absolute Gasteiger partial charge is 0.306 e. The SMILES string of the molecule is NNc1cccc(C(=O)NCCS(N)(=O)=O)c1[N+](=O)[O-]. The fraction of sp³-hybridized carbons (Fsp3) is 0.222. The van der Waals surface area contributed by atoms with Gasteiger partial charge in [-0.2, -0.15) is 0 Å². The van der Waals surface area contributed by atoms with E-state index in [1.54, 1.807) is 0 Å². The molecule has 0 saturated carbocycles. The summed E-state index contributed by atoms with van der Waals surface area (Å²) in [6.07, 6.45) is 0. The Morgan fingerprint density at radius 1 is 1.40 bits per heavy atom. The number of nitrogen functional groups attached to an aromatic ring is 1. The minimum atomic E-state index is -3.72. The summed E-state index contributed by atoms with van der Waals surface area (Å²) >= 11 is 0. The molecule has 0 aliphatic rings. The molecule has 0 aliphatic carbocycles. The number of hydrazine groups is 1. The van der Waals surface area contributed by atoms with Crippen molar-refractivity contribution < 1.29 is 18.1 Å². The van der Waals surface area contributed by atoms with Gasteiger partial charge in [0.25, 0.3) is 5.91 Å². The number of carbonyl (C=O) groups excluding carboxylic acids is 1. The van der Waals surface area contributed by atoms with E-state index in [1.807, 2.05) is 0 Å². The number of sulfonamides is 1. The Morgan fingerprint density at radius 3 is 2.55 bits per heavy atom. The van der Waals surface area contributed by atoms with Gasteiger partial charge in [-0.25, -0.2) is 13.6 Å². The van der Waals surface area contributed by atoms with Gasteiger partial charge in [-0.1, -0.05) is 6.07 Å². The minimum Gasteiger partial charge on any atom is -0.351 e. The lowest BCUT2D eigenvalue weighted by atomic mass is 10.1. The molecular formula is C9H13N5O5S. The monoisotopic (exact) mass is 303 g/mol. The number of carbonyl (C=O) groups is 1. The van der Waals surface area contributed by atoms with Gasteiger partial charge < -0.3 is 10.7 Å². The molecule has 0 fully saturated rings. The van der Waals surface area contributed by atoms with Crippen molar-refractivity contribution >= 4 is 27.3 Å². The van der Waals surface area contributed by atoms with Crippen LogP contribution in [0.3, 0.4) is 0 Å². The number of benzene rings is 1. The Balaban J connectivity index is 2.96. The van der Waals surface area contributed by atoms with Crippen molar-refractivity contribution in [1.29, 1.82) is 0 Å². The van der Waals surface area contributed by atoms with Crippen LogP contribution in [0.15, 0.2) is 18.2 Å². The van der Waals surface area contributed by atoms with Gasteiger partial charge in [0.2, 0.25) is 10.0 Å². The number of primary sulfonamides is 1. The predicted molar refractivity (Wildman–Crippen MR) is 71.2 cm³/mol. The highest BCUT2D eigenvalue weighted by Gasteiger charge is 2.24. The average molecular weight is 303 g/mol. The number of para-hydroxylation sites is 1. The zero-order valence-corrected chi connectivity index (χ0v) is 11.0. The van der Waals surface area contributed by atoms with Crippen LogP contribution in [0.25, 0.3) is 0 Å². The van der Waals surface area contributed by atoms with Crippen LogP contribution in [-0.2, 0) is 10.0 Å². The van der Waals surface area contributed by atoms with Crippen LogP contribution < -0.4 is 21.7 Å². The van der Waals surface area contributed by atoms with E-state index in [0.717, 1.165) is 0 Å². The maximum atomic E-state index is 11.8. The van der Waals surface area contributed by atoms with Crippen LogP contribution in [0.1, 0.15) is 10.4 Å². The Labute approximate surface area is 114 Å². The molecule has 0 atom stereocenters. The topological polar surface area (TPSA) is 170 Å². The Bertz CT molecular complexity index is 630. The molecule has 0 unspecified atom stereocenters. The number of nitro benzene ring substituents is 1. The highest BCUT2D eigenvalue weighted by Crippen LogP contribution is 2.27. The number of hydrogen-bond donors (Lipinski definition) is 4. The van der Waals surface area contributed by atoms with E-state index in [1.165, 1.54) is 18.2 Å². The molecule has 1 rings (SSSR count). The summed E-state index contributed by atoms with van der Waals surface area (Å²) < 4.78 is 21.4. The van der Waals surface area contributed by atoms with E-state index < -0.39 is 32.3 Å². The minimum absolute atomic E-state index is 0.0332. The summed E-state index contributed by atoms with van der Waals surface area (Å²) in [4.78, 5) is 22.0. The van der Waals surface area contributed by atoms with Crippen LogP contribution in [-0.4, -0.2) is 31.5 Å². The van der Waals surface area contributed by atoms with Crippen LogP contribution in [0.2, 0.25) is 0 Å². The molecule has 0 heterocycles. The first-order valence-electron chi connectivity index (χ1n) is 5.29. The van der Waals surface area contributed by atoms with Crippen molar-refractivity contribution in [2.75, 3.05) is 17.7 Å².